The fourth-order valence-electron chi connectivity index (χ4n) is 1.27. The van der Waals surface area contributed by atoms with Crippen molar-refractivity contribution in [2.45, 2.75) is 25.9 Å². The van der Waals surface area contributed by atoms with Crippen molar-refractivity contribution < 1.29 is 9.90 Å². The molecule has 0 saturated carbocycles. The van der Waals surface area contributed by atoms with Gasteiger partial charge in [-0.15, -0.1) is 0 Å². The minimum Gasteiger partial charge on any atom is -0.392 e. The molecule has 0 aromatic heterocycles. The average Bonchev–Trinajstić information content (AvgIpc) is 2.02. The SMILES string of the molecule is CC(O)CN(C)CCCC(=O)N(C)C. The fourth-order valence-corrected chi connectivity index (χ4v) is 1.27. The maximum absolute atomic E-state index is 11.2. The van der Waals surface area contributed by atoms with Crippen molar-refractivity contribution in [2.24, 2.45) is 0 Å². The summed E-state index contributed by atoms with van der Waals surface area (Å²) in [5, 5.41) is 9.10. The molecule has 0 aromatic rings. The second-order valence-corrected chi connectivity index (χ2v) is 4.00. The first-order chi connectivity index (χ1) is 6.43. The molecule has 0 rings (SSSR count). The lowest BCUT2D eigenvalue weighted by molar-refractivity contribution is -0.128. The molecule has 0 saturated heterocycles. The summed E-state index contributed by atoms with van der Waals surface area (Å²) in [6.45, 7) is 3.28. The molecule has 1 amide bonds. The molecule has 0 aliphatic heterocycles. The van der Waals surface area contributed by atoms with Crippen LogP contribution in [0, 0.1) is 0 Å². The Morgan fingerprint density at radius 3 is 2.36 bits per heavy atom. The van der Waals surface area contributed by atoms with Crippen molar-refractivity contribution in [1.82, 2.24) is 9.80 Å². The molecule has 1 N–H and O–H groups in total. The van der Waals surface area contributed by atoms with E-state index in [1.807, 2.05) is 11.9 Å². The van der Waals surface area contributed by atoms with Crippen LogP contribution in [0.5, 0.6) is 0 Å². The first-order valence-corrected chi connectivity index (χ1v) is 5.00. The number of amides is 1. The zero-order chi connectivity index (χ0) is 11.1. The van der Waals surface area contributed by atoms with Gasteiger partial charge in [-0.2, -0.15) is 0 Å². The Kier molecular flexibility index (Phi) is 6.49. The molecule has 4 heteroatoms. The van der Waals surface area contributed by atoms with E-state index >= 15 is 0 Å². The third-order valence-corrected chi connectivity index (χ3v) is 2.01. The highest BCUT2D eigenvalue weighted by atomic mass is 16.3. The quantitative estimate of drug-likeness (QED) is 0.667. The Hall–Kier alpha value is -0.610. The van der Waals surface area contributed by atoms with Gasteiger partial charge in [0, 0.05) is 27.1 Å². The van der Waals surface area contributed by atoms with Gasteiger partial charge in [0.2, 0.25) is 5.91 Å². The number of hydrogen-bond acceptors (Lipinski definition) is 3. The molecule has 0 radical (unpaired) electrons. The summed E-state index contributed by atoms with van der Waals surface area (Å²) in [5.41, 5.74) is 0. The largest absolute Gasteiger partial charge is 0.392 e. The van der Waals surface area contributed by atoms with Gasteiger partial charge in [-0.1, -0.05) is 0 Å². The minimum atomic E-state index is -0.301. The molecule has 0 bridgehead atoms. The highest BCUT2D eigenvalue weighted by molar-refractivity contribution is 5.75. The van der Waals surface area contributed by atoms with E-state index in [-0.39, 0.29) is 12.0 Å². The third-order valence-electron chi connectivity index (χ3n) is 2.01. The predicted octanol–water partition coefficient (Wildman–Crippen LogP) is 0.167. The number of aliphatic hydroxyl groups excluding tert-OH is 1. The number of carbonyl (C=O) groups is 1. The Balaban J connectivity index is 3.49. The number of rotatable bonds is 6. The van der Waals surface area contributed by atoms with Gasteiger partial charge >= 0.3 is 0 Å². The van der Waals surface area contributed by atoms with Gasteiger partial charge in [-0.3, -0.25) is 4.79 Å². The highest BCUT2D eigenvalue weighted by Gasteiger charge is 2.06. The van der Waals surface area contributed by atoms with E-state index in [1.54, 1.807) is 25.9 Å². The van der Waals surface area contributed by atoms with Crippen molar-refractivity contribution in [3.63, 3.8) is 0 Å². The standard InChI is InChI=1S/C10H22N2O2/c1-9(13)8-12(4)7-5-6-10(14)11(2)3/h9,13H,5-8H2,1-4H3. The molecule has 84 valence electrons. The lowest BCUT2D eigenvalue weighted by Crippen LogP contribution is -2.29. The van der Waals surface area contributed by atoms with Gasteiger partial charge in [0.25, 0.3) is 0 Å². The van der Waals surface area contributed by atoms with Gasteiger partial charge in [0.05, 0.1) is 6.10 Å². The van der Waals surface area contributed by atoms with Gasteiger partial charge in [-0.05, 0) is 26.9 Å². The number of hydrogen-bond donors (Lipinski definition) is 1. The van der Waals surface area contributed by atoms with Crippen LogP contribution >= 0.6 is 0 Å². The fraction of sp³-hybridized carbons (Fsp3) is 0.900. The van der Waals surface area contributed by atoms with E-state index in [0.717, 1.165) is 13.0 Å². The molecule has 0 heterocycles. The molecule has 4 nitrogen and oxygen atoms in total. The average molecular weight is 202 g/mol. The summed E-state index contributed by atoms with van der Waals surface area (Å²) in [4.78, 5) is 14.8. The molecule has 0 fully saturated rings. The topological polar surface area (TPSA) is 43.8 Å². The second-order valence-electron chi connectivity index (χ2n) is 4.00. The van der Waals surface area contributed by atoms with Crippen molar-refractivity contribution in [3.05, 3.63) is 0 Å². The summed E-state index contributed by atoms with van der Waals surface area (Å²) < 4.78 is 0. The van der Waals surface area contributed by atoms with E-state index in [0.29, 0.717) is 13.0 Å². The zero-order valence-corrected chi connectivity index (χ0v) is 9.66. The van der Waals surface area contributed by atoms with Crippen molar-refractivity contribution in [2.75, 3.05) is 34.2 Å². The molecule has 0 aliphatic rings. The molecular formula is C10H22N2O2. The number of nitrogens with zero attached hydrogens (tertiary/aromatic N) is 2. The predicted molar refractivity (Wildman–Crippen MR) is 57.1 cm³/mol. The van der Waals surface area contributed by atoms with E-state index in [4.69, 9.17) is 5.11 Å². The van der Waals surface area contributed by atoms with Gasteiger partial charge in [0.15, 0.2) is 0 Å². The van der Waals surface area contributed by atoms with Crippen molar-refractivity contribution in [3.8, 4) is 0 Å². The normalized spacial score (nSPS) is 13.0. The Morgan fingerprint density at radius 1 is 1.36 bits per heavy atom. The summed E-state index contributed by atoms with van der Waals surface area (Å²) in [7, 11) is 5.48. The summed E-state index contributed by atoms with van der Waals surface area (Å²) in [5.74, 6) is 0.162. The van der Waals surface area contributed by atoms with Gasteiger partial charge in [-0.25, -0.2) is 0 Å². The summed E-state index contributed by atoms with van der Waals surface area (Å²) in [6, 6.07) is 0. The molecule has 1 unspecified atom stereocenters. The monoisotopic (exact) mass is 202 g/mol. The van der Waals surface area contributed by atoms with E-state index < -0.39 is 0 Å². The Morgan fingerprint density at radius 2 is 1.93 bits per heavy atom. The van der Waals surface area contributed by atoms with Crippen LogP contribution in [0.25, 0.3) is 0 Å². The molecular weight excluding hydrogens is 180 g/mol. The summed E-state index contributed by atoms with van der Waals surface area (Å²) in [6.07, 6.45) is 1.13. The number of likely N-dealkylation sites (N-methyl/N-ethyl adjacent to an activating group) is 1. The number of carbonyl (C=O) groups excluding carboxylic acids is 1. The maximum Gasteiger partial charge on any atom is 0.222 e. The van der Waals surface area contributed by atoms with Crippen LogP contribution in [0.1, 0.15) is 19.8 Å². The highest BCUT2D eigenvalue weighted by Crippen LogP contribution is 1.97. The van der Waals surface area contributed by atoms with Crippen molar-refractivity contribution in [1.29, 1.82) is 0 Å². The molecule has 0 aromatic carbocycles. The van der Waals surface area contributed by atoms with Crippen LogP contribution in [0.4, 0.5) is 0 Å². The van der Waals surface area contributed by atoms with Crippen LogP contribution < -0.4 is 0 Å². The zero-order valence-electron chi connectivity index (χ0n) is 9.66. The van der Waals surface area contributed by atoms with E-state index in [9.17, 15) is 4.79 Å². The second kappa shape index (κ2) is 6.79. The van der Waals surface area contributed by atoms with Crippen molar-refractivity contribution >= 4 is 5.91 Å². The van der Waals surface area contributed by atoms with E-state index in [1.165, 1.54) is 0 Å². The van der Waals surface area contributed by atoms with E-state index in [2.05, 4.69) is 0 Å². The van der Waals surface area contributed by atoms with Gasteiger partial charge in [0.1, 0.15) is 0 Å². The maximum atomic E-state index is 11.2. The first-order valence-electron chi connectivity index (χ1n) is 5.00. The van der Waals surface area contributed by atoms with Gasteiger partial charge < -0.3 is 14.9 Å². The molecule has 0 aliphatic carbocycles. The third kappa shape index (κ3) is 6.86. The smallest absolute Gasteiger partial charge is 0.222 e. The molecule has 0 spiro atoms. The minimum absolute atomic E-state index is 0.162. The summed E-state index contributed by atoms with van der Waals surface area (Å²) >= 11 is 0. The lowest BCUT2D eigenvalue weighted by Gasteiger charge is -2.18. The Labute approximate surface area is 86.5 Å². The molecule has 1 atom stereocenters. The Bertz CT molecular complexity index is 170. The van der Waals surface area contributed by atoms with Crippen LogP contribution in [-0.4, -0.2) is 61.2 Å². The van der Waals surface area contributed by atoms with Crippen LogP contribution in [0.2, 0.25) is 0 Å². The lowest BCUT2D eigenvalue weighted by atomic mass is 10.2. The van der Waals surface area contributed by atoms with Crippen LogP contribution in [0.15, 0.2) is 0 Å². The number of aliphatic hydroxyl groups is 1. The van der Waals surface area contributed by atoms with Crippen LogP contribution in [-0.2, 0) is 4.79 Å². The molecule has 14 heavy (non-hydrogen) atoms. The first kappa shape index (κ1) is 13.4. The van der Waals surface area contributed by atoms with Crippen LogP contribution in [0.3, 0.4) is 0 Å².